The van der Waals surface area contributed by atoms with Gasteiger partial charge in [-0.05, 0) is 24.9 Å². The standard InChI is InChI=1S/C14H18N4O/c15-9-10-4-6-11(7-5-10)13-17-14(19-18-13)12-3-1-2-8-16-12/h4-7,12,16H,1-3,8-9,15H2/t12-/m0/s1. The van der Waals surface area contributed by atoms with Crippen molar-refractivity contribution in [1.29, 1.82) is 0 Å². The summed E-state index contributed by atoms with van der Waals surface area (Å²) in [6, 6.07) is 8.14. The van der Waals surface area contributed by atoms with Crippen molar-refractivity contribution < 1.29 is 4.52 Å². The highest BCUT2D eigenvalue weighted by Gasteiger charge is 2.21. The Kier molecular flexibility index (Phi) is 3.57. The van der Waals surface area contributed by atoms with E-state index in [0.717, 1.165) is 24.1 Å². The number of hydrogen-bond acceptors (Lipinski definition) is 5. The lowest BCUT2D eigenvalue weighted by molar-refractivity contribution is 0.297. The van der Waals surface area contributed by atoms with Gasteiger partial charge in [0.2, 0.25) is 11.7 Å². The second-order valence-electron chi connectivity index (χ2n) is 4.86. The van der Waals surface area contributed by atoms with E-state index in [0.29, 0.717) is 18.3 Å². The molecule has 5 heteroatoms. The molecule has 1 aromatic heterocycles. The number of benzene rings is 1. The molecule has 19 heavy (non-hydrogen) atoms. The molecular formula is C14H18N4O. The fraction of sp³-hybridized carbons (Fsp3) is 0.429. The molecule has 0 aliphatic carbocycles. The minimum absolute atomic E-state index is 0.207. The first-order valence-electron chi connectivity index (χ1n) is 6.73. The number of piperidine rings is 1. The van der Waals surface area contributed by atoms with Gasteiger partial charge in [-0.1, -0.05) is 35.8 Å². The van der Waals surface area contributed by atoms with Crippen molar-refractivity contribution in [2.24, 2.45) is 5.73 Å². The molecule has 1 saturated heterocycles. The molecule has 2 heterocycles. The van der Waals surface area contributed by atoms with Crippen molar-refractivity contribution in [3.63, 3.8) is 0 Å². The largest absolute Gasteiger partial charge is 0.337 e. The van der Waals surface area contributed by atoms with E-state index in [1.54, 1.807) is 0 Å². The number of nitrogens with two attached hydrogens (primary N) is 1. The number of rotatable bonds is 3. The van der Waals surface area contributed by atoms with Gasteiger partial charge in [-0.15, -0.1) is 0 Å². The predicted molar refractivity (Wildman–Crippen MR) is 72.2 cm³/mol. The topological polar surface area (TPSA) is 77.0 Å². The van der Waals surface area contributed by atoms with Crippen LogP contribution in [0.1, 0.15) is 36.8 Å². The summed E-state index contributed by atoms with van der Waals surface area (Å²) >= 11 is 0. The van der Waals surface area contributed by atoms with Crippen LogP contribution in [0.3, 0.4) is 0 Å². The van der Waals surface area contributed by atoms with Crippen LogP contribution < -0.4 is 11.1 Å². The first-order chi connectivity index (χ1) is 9.36. The van der Waals surface area contributed by atoms with Gasteiger partial charge < -0.3 is 15.6 Å². The van der Waals surface area contributed by atoms with Crippen LogP contribution in [0.5, 0.6) is 0 Å². The van der Waals surface area contributed by atoms with Crippen molar-refractivity contribution in [1.82, 2.24) is 15.5 Å². The van der Waals surface area contributed by atoms with Crippen LogP contribution in [0.15, 0.2) is 28.8 Å². The Labute approximate surface area is 112 Å². The second-order valence-corrected chi connectivity index (χ2v) is 4.86. The van der Waals surface area contributed by atoms with E-state index in [1.807, 2.05) is 24.3 Å². The lowest BCUT2D eigenvalue weighted by Gasteiger charge is -2.19. The Hall–Kier alpha value is -1.72. The smallest absolute Gasteiger partial charge is 0.244 e. The molecule has 0 spiro atoms. The molecule has 0 unspecified atom stereocenters. The van der Waals surface area contributed by atoms with E-state index >= 15 is 0 Å². The Morgan fingerprint density at radius 3 is 2.79 bits per heavy atom. The van der Waals surface area contributed by atoms with E-state index in [1.165, 1.54) is 12.8 Å². The van der Waals surface area contributed by atoms with Gasteiger partial charge in [-0.2, -0.15) is 4.98 Å². The fourth-order valence-corrected chi connectivity index (χ4v) is 2.35. The maximum absolute atomic E-state index is 5.58. The van der Waals surface area contributed by atoms with Crippen molar-refractivity contribution in [2.75, 3.05) is 6.54 Å². The molecule has 1 atom stereocenters. The number of nitrogens with zero attached hydrogens (tertiary/aromatic N) is 2. The van der Waals surface area contributed by atoms with Gasteiger partial charge in [-0.3, -0.25) is 0 Å². The zero-order chi connectivity index (χ0) is 13.1. The summed E-state index contributed by atoms with van der Waals surface area (Å²) in [5.41, 5.74) is 7.64. The predicted octanol–water partition coefficient (Wildman–Crippen LogP) is 2.01. The molecule has 3 N–H and O–H groups in total. The van der Waals surface area contributed by atoms with Gasteiger partial charge >= 0.3 is 0 Å². The van der Waals surface area contributed by atoms with E-state index in [9.17, 15) is 0 Å². The first kappa shape index (κ1) is 12.3. The summed E-state index contributed by atoms with van der Waals surface area (Å²) in [5, 5.41) is 7.47. The van der Waals surface area contributed by atoms with Crippen LogP contribution >= 0.6 is 0 Å². The Balaban J connectivity index is 1.79. The van der Waals surface area contributed by atoms with Crippen LogP contribution in [0.25, 0.3) is 11.4 Å². The summed E-state index contributed by atoms with van der Waals surface area (Å²) in [6.45, 7) is 1.57. The normalized spacial score (nSPS) is 19.5. The Morgan fingerprint density at radius 1 is 1.26 bits per heavy atom. The molecule has 1 fully saturated rings. The molecule has 0 amide bonds. The summed E-state index contributed by atoms with van der Waals surface area (Å²) in [7, 11) is 0. The summed E-state index contributed by atoms with van der Waals surface area (Å²) < 4.78 is 5.37. The molecule has 2 aromatic rings. The number of aromatic nitrogens is 2. The van der Waals surface area contributed by atoms with E-state index < -0.39 is 0 Å². The van der Waals surface area contributed by atoms with Gasteiger partial charge in [0, 0.05) is 12.1 Å². The number of nitrogens with one attached hydrogen (secondary N) is 1. The molecule has 0 saturated carbocycles. The third kappa shape index (κ3) is 2.67. The zero-order valence-corrected chi connectivity index (χ0v) is 10.8. The third-order valence-electron chi connectivity index (χ3n) is 3.50. The highest BCUT2D eigenvalue weighted by molar-refractivity contribution is 5.54. The Morgan fingerprint density at radius 2 is 2.11 bits per heavy atom. The van der Waals surface area contributed by atoms with Crippen LogP contribution in [-0.2, 0) is 6.54 Å². The number of hydrogen-bond donors (Lipinski definition) is 2. The lowest BCUT2D eigenvalue weighted by atomic mass is 10.1. The molecule has 1 aliphatic heterocycles. The molecule has 5 nitrogen and oxygen atoms in total. The van der Waals surface area contributed by atoms with Gasteiger partial charge in [0.15, 0.2) is 0 Å². The van der Waals surface area contributed by atoms with E-state index in [2.05, 4.69) is 15.5 Å². The maximum Gasteiger partial charge on any atom is 0.244 e. The van der Waals surface area contributed by atoms with E-state index in [4.69, 9.17) is 10.3 Å². The third-order valence-corrected chi connectivity index (χ3v) is 3.50. The molecule has 100 valence electrons. The van der Waals surface area contributed by atoms with Crippen molar-refractivity contribution in [3.8, 4) is 11.4 Å². The molecule has 3 rings (SSSR count). The molecule has 0 radical (unpaired) electrons. The minimum atomic E-state index is 0.207. The van der Waals surface area contributed by atoms with Gasteiger partial charge in [0.25, 0.3) is 0 Å². The monoisotopic (exact) mass is 258 g/mol. The quantitative estimate of drug-likeness (QED) is 0.880. The van der Waals surface area contributed by atoms with Crippen LogP contribution in [0.4, 0.5) is 0 Å². The van der Waals surface area contributed by atoms with Crippen LogP contribution in [0.2, 0.25) is 0 Å². The minimum Gasteiger partial charge on any atom is -0.337 e. The fourth-order valence-electron chi connectivity index (χ4n) is 2.35. The summed E-state index contributed by atoms with van der Waals surface area (Å²) in [4.78, 5) is 4.49. The van der Waals surface area contributed by atoms with Gasteiger partial charge in [0.05, 0.1) is 6.04 Å². The summed E-state index contributed by atoms with van der Waals surface area (Å²) in [6.07, 6.45) is 3.49. The van der Waals surface area contributed by atoms with Crippen molar-refractivity contribution in [3.05, 3.63) is 35.7 Å². The average molecular weight is 258 g/mol. The second kappa shape index (κ2) is 5.50. The van der Waals surface area contributed by atoms with Crippen LogP contribution in [0, 0.1) is 0 Å². The molecule has 1 aliphatic rings. The van der Waals surface area contributed by atoms with Crippen molar-refractivity contribution >= 4 is 0 Å². The zero-order valence-electron chi connectivity index (χ0n) is 10.8. The summed E-state index contributed by atoms with van der Waals surface area (Å²) in [5.74, 6) is 1.34. The maximum atomic E-state index is 5.58. The highest BCUT2D eigenvalue weighted by atomic mass is 16.5. The molecule has 0 bridgehead atoms. The Bertz CT molecular complexity index is 529. The van der Waals surface area contributed by atoms with E-state index in [-0.39, 0.29) is 6.04 Å². The molecular weight excluding hydrogens is 240 g/mol. The average Bonchev–Trinajstić information content (AvgIpc) is 2.98. The van der Waals surface area contributed by atoms with Crippen molar-refractivity contribution in [2.45, 2.75) is 31.8 Å². The van der Waals surface area contributed by atoms with Gasteiger partial charge in [-0.25, -0.2) is 0 Å². The van der Waals surface area contributed by atoms with Crippen LogP contribution in [-0.4, -0.2) is 16.7 Å². The molecule has 1 aromatic carbocycles. The van der Waals surface area contributed by atoms with Gasteiger partial charge in [0.1, 0.15) is 0 Å². The SMILES string of the molecule is NCc1ccc(-c2noc([C@@H]3CCCCN3)n2)cc1. The highest BCUT2D eigenvalue weighted by Crippen LogP contribution is 2.24. The first-order valence-corrected chi connectivity index (χ1v) is 6.73. The lowest BCUT2D eigenvalue weighted by Crippen LogP contribution is -2.26.